The van der Waals surface area contributed by atoms with Crippen molar-refractivity contribution in [3.8, 4) is 0 Å². The zero-order valence-electron chi connectivity index (χ0n) is 13.6. The average Bonchev–Trinajstić information content (AvgIpc) is 2.84. The molecule has 0 N–H and O–H groups in total. The smallest absolute Gasteiger partial charge is 0.410 e. The molecule has 3 atom stereocenters. The molecular weight excluding hydrogens is 333 g/mol. The largest absolute Gasteiger partial charge is 0.444 e. The Balaban J connectivity index is 1.75. The lowest BCUT2D eigenvalue weighted by Gasteiger charge is -2.28. The second kappa shape index (κ2) is 5.42. The van der Waals surface area contributed by atoms with Gasteiger partial charge in [0.1, 0.15) is 5.60 Å². The minimum Gasteiger partial charge on any atom is -0.444 e. The van der Waals surface area contributed by atoms with E-state index in [1.165, 1.54) is 0 Å². The van der Waals surface area contributed by atoms with Crippen molar-refractivity contribution < 1.29 is 9.53 Å². The van der Waals surface area contributed by atoms with Crippen molar-refractivity contribution in [2.75, 3.05) is 13.1 Å². The summed E-state index contributed by atoms with van der Waals surface area (Å²) in [6, 6.07) is 5.75. The quantitative estimate of drug-likeness (QED) is 0.706. The molecule has 1 amide bonds. The number of benzene rings is 1. The molecule has 0 spiro atoms. The number of nitrogens with zero attached hydrogens (tertiary/aromatic N) is 1. The molecule has 1 saturated carbocycles. The summed E-state index contributed by atoms with van der Waals surface area (Å²) in [7, 11) is 0. The van der Waals surface area contributed by atoms with E-state index in [0.717, 1.165) is 5.56 Å². The van der Waals surface area contributed by atoms with Crippen molar-refractivity contribution in [1.29, 1.82) is 0 Å². The highest BCUT2D eigenvalue weighted by Crippen LogP contribution is 2.64. The van der Waals surface area contributed by atoms with Crippen LogP contribution in [-0.4, -0.2) is 29.7 Å². The Hall–Kier alpha value is -1.19. The van der Waals surface area contributed by atoms with Gasteiger partial charge in [0.15, 0.2) is 0 Å². The van der Waals surface area contributed by atoms with Gasteiger partial charge in [0.2, 0.25) is 0 Å². The van der Waals surface area contributed by atoms with Crippen molar-refractivity contribution in [1.82, 2.24) is 4.90 Å². The average molecular weight is 354 g/mol. The predicted octanol–water partition coefficient (Wildman–Crippen LogP) is 4.91. The highest BCUT2D eigenvalue weighted by Gasteiger charge is 2.68. The highest BCUT2D eigenvalue weighted by atomic mass is 35.5. The molecule has 0 bridgehead atoms. The number of hydrogen-bond acceptors (Lipinski definition) is 2. The Kier molecular flexibility index (Phi) is 3.93. The first-order valence-electron chi connectivity index (χ1n) is 7.76. The maximum atomic E-state index is 12.2. The van der Waals surface area contributed by atoms with Gasteiger partial charge in [-0.1, -0.05) is 35.3 Å². The van der Waals surface area contributed by atoms with Crippen LogP contribution >= 0.6 is 23.2 Å². The highest BCUT2D eigenvalue weighted by molar-refractivity contribution is 6.42. The maximum absolute atomic E-state index is 12.2. The predicted molar refractivity (Wildman–Crippen MR) is 93.1 cm³/mol. The lowest BCUT2D eigenvalue weighted by Crippen LogP contribution is -2.38. The van der Waals surface area contributed by atoms with E-state index in [1.54, 1.807) is 4.90 Å². The first kappa shape index (κ1) is 16.7. The third kappa shape index (κ3) is 2.74. The number of amides is 1. The van der Waals surface area contributed by atoms with Gasteiger partial charge in [-0.3, -0.25) is 0 Å². The van der Waals surface area contributed by atoms with Crippen molar-refractivity contribution in [3.05, 3.63) is 46.5 Å². The summed E-state index contributed by atoms with van der Waals surface area (Å²) in [5.74, 6) is 0.731. The standard InChI is InChI=1S/C18H21Cl2NO2/c1-5-18(11-6-7-14(19)15(20)8-11)12-9-21(10-13(12)18)16(22)23-17(2,3)4/h5-8,12-13H,1,9-10H2,2-4H3/t12-,13+,18-. The molecule has 0 aromatic heterocycles. The van der Waals surface area contributed by atoms with E-state index < -0.39 is 5.60 Å². The normalized spacial score (nSPS) is 29.2. The van der Waals surface area contributed by atoms with Gasteiger partial charge in [-0.2, -0.15) is 0 Å². The number of fused-ring (bicyclic) bond motifs is 1. The Morgan fingerprint density at radius 1 is 1.30 bits per heavy atom. The Morgan fingerprint density at radius 3 is 2.39 bits per heavy atom. The minimum atomic E-state index is -0.469. The summed E-state index contributed by atoms with van der Waals surface area (Å²) in [6.07, 6.45) is 1.76. The van der Waals surface area contributed by atoms with Crippen LogP contribution in [0.15, 0.2) is 30.9 Å². The van der Waals surface area contributed by atoms with E-state index in [-0.39, 0.29) is 11.5 Å². The fraction of sp³-hybridized carbons (Fsp3) is 0.500. The van der Waals surface area contributed by atoms with Gasteiger partial charge < -0.3 is 9.64 Å². The van der Waals surface area contributed by atoms with Gasteiger partial charge in [0.25, 0.3) is 0 Å². The van der Waals surface area contributed by atoms with Crippen LogP contribution in [0, 0.1) is 11.8 Å². The second-order valence-corrected chi connectivity index (χ2v) is 8.18. The lowest BCUT2D eigenvalue weighted by molar-refractivity contribution is 0.0265. The third-order valence-corrected chi connectivity index (χ3v) is 5.59. The van der Waals surface area contributed by atoms with Crippen LogP contribution in [0.25, 0.3) is 0 Å². The summed E-state index contributed by atoms with van der Waals surface area (Å²) in [5, 5.41) is 1.11. The van der Waals surface area contributed by atoms with Crippen LogP contribution in [0.2, 0.25) is 10.0 Å². The number of hydrogen-bond donors (Lipinski definition) is 0. The molecule has 0 unspecified atom stereocenters. The van der Waals surface area contributed by atoms with E-state index in [4.69, 9.17) is 27.9 Å². The number of carbonyl (C=O) groups is 1. The van der Waals surface area contributed by atoms with Crippen LogP contribution in [0.5, 0.6) is 0 Å². The van der Waals surface area contributed by atoms with Gasteiger partial charge in [0, 0.05) is 18.5 Å². The molecule has 2 aliphatic rings. The summed E-state index contributed by atoms with van der Waals surface area (Å²) in [5.41, 5.74) is 0.552. The van der Waals surface area contributed by atoms with E-state index in [0.29, 0.717) is 35.0 Å². The van der Waals surface area contributed by atoms with Crippen molar-refractivity contribution in [3.63, 3.8) is 0 Å². The van der Waals surface area contributed by atoms with Gasteiger partial charge in [-0.25, -0.2) is 4.79 Å². The zero-order chi connectivity index (χ0) is 17.0. The molecule has 1 heterocycles. The Bertz CT molecular complexity index is 653. The molecule has 0 radical (unpaired) electrons. The van der Waals surface area contributed by atoms with E-state index in [2.05, 4.69) is 6.58 Å². The number of likely N-dealkylation sites (tertiary alicyclic amines) is 1. The van der Waals surface area contributed by atoms with Gasteiger partial charge >= 0.3 is 6.09 Å². The number of ether oxygens (including phenoxy) is 1. The molecule has 124 valence electrons. The Labute approximate surface area is 147 Å². The number of rotatable bonds is 2. The Morgan fingerprint density at radius 2 is 1.91 bits per heavy atom. The van der Waals surface area contributed by atoms with Crippen molar-refractivity contribution in [2.45, 2.75) is 31.8 Å². The van der Waals surface area contributed by atoms with E-state index in [1.807, 2.05) is 45.0 Å². The SMILES string of the molecule is C=C[C@@]1(c2ccc(Cl)c(Cl)c2)[C@@H]2CN(C(=O)OC(C)(C)C)C[C@@H]21. The topological polar surface area (TPSA) is 29.5 Å². The summed E-state index contributed by atoms with van der Waals surface area (Å²) in [4.78, 5) is 14.0. The van der Waals surface area contributed by atoms with E-state index in [9.17, 15) is 4.79 Å². The van der Waals surface area contributed by atoms with Crippen LogP contribution in [0.3, 0.4) is 0 Å². The fourth-order valence-corrected chi connectivity index (χ4v) is 4.06. The van der Waals surface area contributed by atoms with Crippen LogP contribution in [0.1, 0.15) is 26.3 Å². The van der Waals surface area contributed by atoms with Gasteiger partial charge in [-0.15, -0.1) is 6.58 Å². The lowest BCUT2D eigenvalue weighted by atomic mass is 9.90. The van der Waals surface area contributed by atoms with Crippen LogP contribution in [0.4, 0.5) is 4.79 Å². The molecule has 1 aromatic carbocycles. The molecule has 3 rings (SSSR count). The molecule has 1 saturated heterocycles. The summed E-state index contributed by atoms with van der Waals surface area (Å²) >= 11 is 12.2. The molecule has 1 aliphatic carbocycles. The molecule has 3 nitrogen and oxygen atoms in total. The minimum absolute atomic E-state index is 0.104. The van der Waals surface area contributed by atoms with Crippen molar-refractivity contribution >= 4 is 29.3 Å². The van der Waals surface area contributed by atoms with Crippen molar-refractivity contribution in [2.24, 2.45) is 11.8 Å². The second-order valence-electron chi connectivity index (χ2n) is 7.36. The molecular formula is C18H21Cl2NO2. The summed E-state index contributed by atoms with van der Waals surface area (Å²) in [6.45, 7) is 11.0. The van der Waals surface area contributed by atoms with Crippen LogP contribution in [-0.2, 0) is 10.2 Å². The first-order valence-corrected chi connectivity index (χ1v) is 8.51. The number of halogens is 2. The fourth-order valence-electron chi connectivity index (χ4n) is 3.76. The number of allylic oxidation sites excluding steroid dienone is 1. The molecule has 23 heavy (non-hydrogen) atoms. The monoisotopic (exact) mass is 353 g/mol. The molecule has 2 fully saturated rings. The van der Waals surface area contributed by atoms with Gasteiger partial charge in [-0.05, 0) is 50.3 Å². The van der Waals surface area contributed by atoms with Gasteiger partial charge in [0.05, 0.1) is 10.0 Å². The molecule has 5 heteroatoms. The van der Waals surface area contributed by atoms with Crippen LogP contribution < -0.4 is 0 Å². The number of carbonyl (C=O) groups excluding carboxylic acids is 1. The number of piperidine rings is 1. The first-order chi connectivity index (χ1) is 10.7. The molecule has 1 aliphatic heterocycles. The third-order valence-electron chi connectivity index (χ3n) is 4.85. The summed E-state index contributed by atoms with van der Waals surface area (Å²) < 4.78 is 5.46. The molecule has 1 aromatic rings. The maximum Gasteiger partial charge on any atom is 0.410 e. The zero-order valence-corrected chi connectivity index (χ0v) is 15.1. The van der Waals surface area contributed by atoms with E-state index >= 15 is 0 Å².